The number of rotatable bonds is 1. The minimum atomic E-state index is -0.203. The summed E-state index contributed by atoms with van der Waals surface area (Å²) in [5, 5.41) is 11.0. The molecule has 0 aliphatic rings. The summed E-state index contributed by atoms with van der Waals surface area (Å²) in [6.07, 6.45) is 0. The number of nitrogens with one attached hydrogen (secondary N) is 1. The van der Waals surface area contributed by atoms with Gasteiger partial charge in [-0.1, -0.05) is 11.6 Å². The van der Waals surface area contributed by atoms with Gasteiger partial charge < -0.3 is 10.1 Å². The van der Waals surface area contributed by atoms with E-state index in [1.165, 1.54) is 17.4 Å². The lowest BCUT2D eigenvalue weighted by Gasteiger charge is -2.04. The first-order valence-electron chi connectivity index (χ1n) is 5.96. The Balaban J connectivity index is 2.33. The van der Waals surface area contributed by atoms with E-state index in [0.717, 1.165) is 10.4 Å². The van der Waals surface area contributed by atoms with Crippen molar-refractivity contribution in [2.45, 2.75) is 13.8 Å². The van der Waals surface area contributed by atoms with Gasteiger partial charge in [-0.15, -0.1) is 11.3 Å². The third kappa shape index (κ3) is 1.99. The Labute approximate surface area is 123 Å². The third-order valence-electron chi connectivity index (χ3n) is 3.25. The zero-order valence-electron chi connectivity index (χ0n) is 10.8. The van der Waals surface area contributed by atoms with Crippen LogP contribution in [0.15, 0.2) is 23.0 Å². The van der Waals surface area contributed by atoms with Gasteiger partial charge in [-0.05, 0) is 37.6 Å². The van der Waals surface area contributed by atoms with Crippen molar-refractivity contribution in [3.63, 3.8) is 0 Å². The fourth-order valence-electron chi connectivity index (χ4n) is 2.08. The van der Waals surface area contributed by atoms with Crippen LogP contribution in [0.2, 0.25) is 5.02 Å². The minimum Gasteiger partial charge on any atom is -0.507 e. The van der Waals surface area contributed by atoms with E-state index in [-0.39, 0.29) is 11.3 Å². The number of thiophene rings is 1. The fourth-order valence-corrected chi connectivity index (χ4v) is 3.28. The number of hydrogen-bond donors (Lipinski definition) is 2. The van der Waals surface area contributed by atoms with E-state index in [4.69, 9.17) is 11.6 Å². The maximum atomic E-state index is 12.2. The largest absolute Gasteiger partial charge is 0.507 e. The molecule has 3 rings (SSSR count). The predicted molar refractivity (Wildman–Crippen MR) is 81.8 cm³/mol. The molecule has 6 heteroatoms. The van der Waals surface area contributed by atoms with Crippen LogP contribution in [0.3, 0.4) is 0 Å². The van der Waals surface area contributed by atoms with E-state index in [1.807, 2.05) is 13.8 Å². The Hall–Kier alpha value is -1.85. The Morgan fingerprint density at radius 1 is 1.35 bits per heavy atom. The van der Waals surface area contributed by atoms with E-state index in [1.54, 1.807) is 12.1 Å². The van der Waals surface area contributed by atoms with E-state index < -0.39 is 0 Å². The number of hydrogen-bond acceptors (Lipinski definition) is 4. The molecule has 3 aromatic rings. The van der Waals surface area contributed by atoms with Gasteiger partial charge in [-0.2, -0.15) is 0 Å². The zero-order chi connectivity index (χ0) is 14.4. The summed E-state index contributed by atoms with van der Waals surface area (Å²) in [5.74, 6) is 0.352. The standard InChI is InChI=1S/C14H11ClN2O2S/c1-6-7(2)20-14-11(6)13(19)16-12(17-14)9-5-8(15)3-4-10(9)18/h3-5,18H,1-2H3,(H,16,17,19). The normalized spacial score (nSPS) is 11.2. The number of aromatic hydroxyl groups is 1. The minimum absolute atomic E-state index is 0.0295. The Morgan fingerprint density at radius 2 is 2.10 bits per heavy atom. The quantitative estimate of drug-likeness (QED) is 0.721. The molecule has 0 atom stereocenters. The second-order valence-electron chi connectivity index (χ2n) is 4.54. The summed E-state index contributed by atoms with van der Waals surface area (Å²) in [6.45, 7) is 3.86. The van der Waals surface area contributed by atoms with Crippen molar-refractivity contribution in [2.24, 2.45) is 0 Å². The topological polar surface area (TPSA) is 66.0 Å². The molecule has 0 unspecified atom stereocenters. The SMILES string of the molecule is Cc1sc2nc(-c3cc(Cl)ccc3O)[nH]c(=O)c2c1C. The van der Waals surface area contributed by atoms with Gasteiger partial charge in [0, 0.05) is 9.90 Å². The van der Waals surface area contributed by atoms with Crippen LogP contribution in [0.1, 0.15) is 10.4 Å². The molecule has 2 N–H and O–H groups in total. The number of halogens is 1. The molecule has 0 fully saturated rings. The van der Waals surface area contributed by atoms with Gasteiger partial charge in [0.1, 0.15) is 16.4 Å². The van der Waals surface area contributed by atoms with Crippen LogP contribution in [0.4, 0.5) is 0 Å². The molecular weight excluding hydrogens is 296 g/mol. The summed E-state index contributed by atoms with van der Waals surface area (Å²) >= 11 is 7.39. The number of aromatic amines is 1. The lowest BCUT2D eigenvalue weighted by molar-refractivity contribution is 0.477. The van der Waals surface area contributed by atoms with Crippen LogP contribution in [-0.2, 0) is 0 Å². The highest BCUT2D eigenvalue weighted by Crippen LogP contribution is 2.31. The van der Waals surface area contributed by atoms with Gasteiger partial charge in [0.2, 0.25) is 0 Å². The Kier molecular flexibility index (Phi) is 3.03. The van der Waals surface area contributed by atoms with E-state index >= 15 is 0 Å². The molecule has 1 aromatic carbocycles. The van der Waals surface area contributed by atoms with Crippen molar-refractivity contribution in [3.05, 3.63) is 44.0 Å². The summed E-state index contributed by atoms with van der Waals surface area (Å²) < 4.78 is 0. The molecule has 0 amide bonds. The first kappa shape index (κ1) is 13.1. The lowest BCUT2D eigenvalue weighted by atomic mass is 10.1. The number of aryl methyl sites for hydroxylation is 2. The van der Waals surface area contributed by atoms with Crippen molar-refractivity contribution in [1.29, 1.82) is 0 Å². The fraction of sp³-hybridized carbons (Fsp3) is 0.143. The van der Waals surface area contributed by atoms with Crippen LogP contribution < -0.4 is 5.56 Å². The molecule has 0 saturated carbocycles. The summed E-state index contributed by atoms with van der Waals surface area (Å²) in [7, 11) is 0. The van der Waals surface area contributed by atoms with E-state index in [2.05, 4.69) is 9.97 Å². The van der Waals surface area contributed by atoms with Gasteiger partial charge in [0.15, 0.2) is 0 Å². The molecular formula is C14H11ClN2O2S. The number of nitrogens with zero attached hydrogens (tertiary/aromatic N) is 1. The molecule has 102 valence electrons. The molecule has 0 aliphatic carbocycles. The average molecular weight is 307 g/mol. The van der Waals surface area contributed by atoms with Crippen LogP contribution in [0.5, 0.6) is 5.75 Å². The van der Waals surface area contributed by atoms with Crippen molar-refractivity contribution in [2.75, 3.05) is 0 Å². The number of phenolic OH excluding ortho intramolecular Hbond substituents is 1. The van der Waals surface area contributed by atoms with Crippen LogP contribution in [0, 0.1) is 13.8 Å². The smallest absolute Gasteiger partial charge is 0.260 e. The monoisotopic (exact) mass is 306 g/mol. The molecule has 2 aromatic heterocycles. The second-order valence-corrected chi connectivity index (χ2v) is 6.18. The van der Waals surface area contributed by atoms with Crippen molar-refractivity contribution < 1.29 is 5.11 Å². The third-order valence-corrected chi connectivity index (χ3v) is 4.59. The zero-order valence-corrected chi connectivity index (χ0v) is 12.4. The van der Waals surface area contributed by atoms with Gasteiger partial charge in [0.25, 0.3) is 5.56 Å². The molecule has 0 radical (unpaired) electrons. The van der Waals surface area contributed by atoms with Crippen molar-refractivity contribution in [3.8, 4) is 17.1 Å². The molecule has 2 heterocycles. The van der Waals surface area contributed by atoms with Gasteiger partial charge in [0.05, 0.1) is 10.9 Å². The van der Waals surface area contributed by atoms with Gasteiger partial charge in [-0.3, -0.25) is 4.79 Å². The Morgan fingerprint density at radius 3 is 2.85 bits per heavy atom. The van der Waals surface area contributed by atoms with Crippen LogP contribution in [0.25, 0.3) is 21.6 Å². The molecule has 0 bridgehead atoms. The number of benzene rings is 1. The molecule has 0 aliphatic heterocycles. The summed E-state index contributed by atoms with van der Waals surface area (Å²) in [4.78, 5) is 21.1. The second kappa shape index (κ2) is 4.61. The number of phenols is 1. The number of aromatic nitrogens is 2. The average Bonchev–Trinajstić information content (AvgIpc) is 2.68. The van der Waals surface area contributed by atoms with E-state index in [9.17, 15) is 9.90 Å². The van der Waals surface area contributed by atoms with E-state index in [0.29, 0.717) is 26.6 Å². The highest BCUT2D eigenvalue weighted by molar-refractivity contribution is 7.18. The van der Waals surface area contributed by atoms with Crippen LogP contribution >= 0.6 is 22.9 Å². The van der Waals surface area contributed by atoms with Crippen molar-refractivity contribution in [1.82, 2.24) is 9.97 Å². The lowest BCUT2D eigenvalue weighted by Crippen LogP contribution is -2.09. The number of H-pyrrole nitrogens is 1. The van der Waals surface area contributed by atoms with Gasteiger partial charge >= 0.3 is 0 Å². The summed E-state index contributed by atoms with van der Waals surface area (Å²) in [5.41, 5.74) is 1.16. The Bertz CT molecular complexity index is 883. The molecule has 0 saturated heterocycles. The molecule has 0 spiro atoms. The number of fused-ring (bicyclic) bond motifs is 1. The van der Waals surface area contributed by atoms with Crippen molar-refractivity contribution >= 4 is 33.2 Å². The maximum Gasteiger partial charge on any atom is 0.260 e. The predicted octanol–water partition coefficient (Wildman–Crippen LogP) is 3.63. The van der Waals surface area contributed by atoms with Crippen LogP contribution in [-0.4, -0.2) is 15.1 Å². The maximum absolute atomic E-state index is 12.2. The molecule has 20 heavy (non-hydrogen) atoms. The highest BCUT2D eigenvalue weighted by Gasteiger charge is 2.14. The molecule has 4 nitrogen and oxygen atoms in total. The summed E-state index contributed by atoms with van der Waals surface area (Å²) in [6, 6.07) is 4.64. The van der Waals surface area contributed by atoms with Gasteiger partial charge in [-0.25, -0.2) is 4.98 Å². The first-order valence-corrected chi connectivity index (χ1v) is 7.15. The highest BCUT2D eigenvalue weighted by atomic mass is 35.5. The first-order chi connectivity index (χ1) is 9.47.